The summed E-state index contributed by atoms with van der Waals surface area (Å²) in [6.45, 7) is 5.28. The number of para-hydroxylation sites is 1. The Morgan fingerprint density at radius 3 is 2.72 bits per heavy atom. The predicted octanol–water partition coefficient (Wildman–Crippen LogP) is 2.71. The molecule has 1 saturated heterocycles. The maximum atomic E-state index is 12.8. The molecule has 2 aromatic rings. The molecule has 1 amide bonds. The minimum absolute atomic E-state index is 0. The molecule has 3 rings (SSSR count). The average Bonchev–Trinajstić information content (AvgIpc) is 3.18. The van der Waals surface area contributed by atoms with Crippen LogP contribution in [0.1, 0.15) is 36.7 Å². The highest BCUT2D eigenvalue weighted by atomic mass is 35.5. The van der Waals surface area contributed by atoms with Crippen molar-refractivity contribution >= 4 is 29.9 Å². The topological polar surface area (TPSA) is 77.0 Å². The van der Waals surface area contributed by atoms with Gasteiger partial charge in [-0.25, -0.2) is 9.67 Å². The van der Waals surface area contributed by atoms with Gasteiger partial charge in [0.05, 0.1) is 10.7 Å². The van der Waals surface area contributed by atoms with E-state index in [1.807, 2.05) is 36.9 Å². The monoisotopic (exact) mass is 383 g/mol. The van der Waals surface area contributed by atoms with Crippen molar-refractivity contribution in [1.82, 2.24) is 19.7 Å². The average molecular weight is 384 g/mol. The molecule has 2 unspecified atom stereocenters. The summed E-state index contributed by atoms with van der Waals surface area (Å²) in [5.41, 5.74) is 6.48. The third-order valence-electron chi connectivity index (χ3n) is 4.52. The third kappa shape index (κ3) is 3.81. The predicted molar refractivity (Wildman–Crippen MR) is 101 cm³/mol. The first-order valence-electron chi connectivity index (χ1n) is 8.27. The molecule has 0 radical (unpaired) electrons. The van der Waals surface area contributed by atoms with Gasteiger partial charge in [-0.1, -0.05) is 30.7 Å². The van der Waals surface area contributed by atoms with E-state index in [1.165, 1.54) is 0 Å². The van der Waals surface area contributed by atoms with Crippen LogP contribution in [0.3, 0.4) is 0 Å². The number of carbonyl (C=O) groups is 1. The summed E-state index contributed by atoms with van der Waals surface area (Å²) in [4.78, 5) is 19.1. The lowest BCUT2D eigenvalue weighted by atomic mass is 10.1. The summed E-state index contributed by atoms with van der Waals surface area (Å²) < 4.78 is 1.66. The first kappa shape index (κ1) is 19.7. The first-order chi connectivity index (χ1) is 11.5. The van der Waals surface area contributed by atoms with Gasteiger partial charge >= 0.3 is 0 Å². The molecule has 25 heavy (non-hydrogen) atoms. The molecule has 1 aromatic heterocycles. The zero-order valence-corrected chi connectivity index (χ0v) is 15.9. The quantitative estimate of drug-likeness (QED) is 0.880. The smallest absolute Gasteiger partial charge is 0.293 e. The van der Waals surface area contributed by atoms with Gasteiger partial charge in [0.25, 0.3) is 5.91 Å². The number of halogens is 2. The second kappa shape index (κ2) is 8.17. The summed E-state index contributed by atoms with van der Waals surface area (Å²) in [7, 11) is 0. The van der Waals surface area contributed by atoms with Gasteiger partial charge < -0.3 is 10.6 Å². The van der Waals surface area contributed by atoms with E-state index in [2.05, 4.69) is 10.1 Å². The molecule has 1 aliphatic heterocycles. The highest BCUT2D eigenvalue weighted by Crippen LogP contribution is 2.25. The van der Waals surface area contributed by atoms with E-state index >= 15 is 0 Å². The molecule has 0 bridgehead atoms. The second-order valence-corrected chi connectivity index (χ2v) is 6.62. The number of likely N-dealkylation sites (tertiary alicyclic amines) is 1. The van der Waals surface area contributed by atoms with E-state index in [1.54, 1.807) is 10.7 Å². The number of hydrogen-bond acceptors (Lipinski definition) is 4. The SMILES string of the molecule is CCc1nc(C(=O)N2CC(CN)CC2C)nn1-c1ccccc1Cl.Cl. The molecule has 1 aliphatic rings. The second-order valence-electron chi connectivity index (χ2n) is 6.21. The van der Waals surface area contributed by atoms with E-state index in [-0.39, 0.29) is 30.2 Å². The molecule has 0 saturated carbocycles. The minimum Gasteiger partial charge on any atom is -0.333 e. The van der Waals surface area contributed by atoms with E-state index in [4.69, 9.17) is 17.3 Å². The molecule has 0 aliphatic carbocycles. The molecule has 136 valence electrons. The van der Waals surface area contributed by atoms with E-state index in [0.717, 1.165) is 12.1 Å². The van der Waals surface area contributed by atoms with Gasteiger partial charge in [0, 0.05) is 19.0 Å². The van der Waals surface area contributed by atoms with Crippen molar-refractivity contribution < 1.29 is 4.79 Å². The standard InChI is InChI=1S/C17H22ClN5O.ClH/c1-3-15-20-16(17(24)22-10-12(9-19)8-11(22)2)21-23(15)14-7-5-4-6-13(14)18;/h4-7,11-12H,3,8-10,19H2,1-2H3;1H. The largest absolute Gasteiger partial charge is 0.333 e. The fourth-order valence-electron chi connectivity index (χ4n) is 3.20. The van der Waals surface area contributed by atoms with E-state index in [9.17, 15) is 4.79 Å². The van der Waals surface area contributed by atoms with Crippen molar-refractivity contribution in [1.29, 1.82) is 0 Å². The molecule has 1 aromatic carbocycles. The normalized spacial score (nSPS) is 19.8. The highest BCUT2D eigenvalue weighted by molar-refractivity contribution is 6.32. The lowest BCUT2D eigenvalue weighted by molar-refractivity contribution is 0.0731. The Hall–Kier alpha value is -1.63. The fraction of sp³-hybridized carbons (Fsp3) is 0.471. The number of amides is 1. The summed E-state index contributed by atoms with van der Waals surface area (Å²) in [6, 6.07) is 7.57. The van der Waals surface area contributed by atoms with Crippen LogP contribution in [-0.4, -0.2) is 44.7 Å². The number of benzene rings is 1. The number of aromatic nitrogens is 3. The Bertz CT molecular complexity index is 748. The van der Waals surface area contributed by atoms with Gasteiger partial charge in [0.2, 0.25) is 5.82 Å². The highest BCUT2D eigenvalue weighted by Gasteiger charge is 2.34. The van der Waals surface area contributed by atoms with Crippen LogP contribution in [0.25, 0.3) is 5.69 Å². The van der Waals surface area contributed by atoms with Crippen LogP contribution < -0.4 is 5.73 Å². The Morgan fingerprint density at radius 1 is 1.40 bits per heavy atom. The van der Waals surface area contributed by atoms with Gasteiger partial charge in [-0.05, 0) is 37.9 Å². The van der Waals surface area contributed by atoms with Crippen LogP contribution >= 0.6 is 24.0 Å². The Labute approximate surface area is 158 Å². The lowest BCUT2D eigenvalue weighted by Crippen LogP contribution is -2.35. The van der Waals surface area contributed by atoms with Crippen molar-refractivity contribution in [3.8, 4) is 5.69 Å². The van der Waals surface area contributed by atoms with Crippen LogP contribution in [-0.2, 0) is 6.42 Å². The van der Waals surface area contributed by atoms with Gasteiger partial charge in [0.1, 0.15) is 5.82 Å². The van der Waals surface area contributed by atoms with Crippen molar-refractivity contribution in [3.63, 3.8) is 0 Å². The van der Waals surface area contributed by atoms with Crippen molar-refractivity contribution in [3.05, 3.63) is 40.9 Å². The zero-order chi connectivity index (χ0) is 17.3. The minimum atomic E-state index is -0.140. The van der Waals surface area contributed by atoms with Gasteiger partial charge in [-0.15, -0.1) is 17.5 Å². The van der Waals surface area contributed by atoms with E-state index in [0.29, 0.717) is 36.3 Å². The van der Waals surface area contributed by atoms with Crippen LogP contribution in [0.4, 0.5) is 0 Å². The van der Waals surface area contributed by atoms with Crippen LogP contribution in [0.15, 0.2) is 24.3 Å². The molecule has 1 fully saturated rings. The lowest BCUT2D eigenvalue weighted by Gasteiger charge is -2.19. The number of hydrogen-bond donors (Lipinski definition) is 1. The Morgan fingerprint density at radius 2 is 2.12 bits per heavy atom. The number of rotatable bonds is 4. The van der Waals surface area contributed by atoms with Gasteiger partial charge in [-0.3, -0.25) is 4.79 Å². The number of nitrogens with zero attached hydrogens (tertiary/aromatic N) is 4. The van der Waals surface area contributed by atoms with Crippen LogP contribution in [0.2, 0.25) is 5.02 Å². The first-order valence-corrected chi connectivity index (χ1v) is 8.64. The van der Waals surface area contributed by atoms with E-state index < -0.39 is 0 Å². The van der Waals surface area contributed by atoms with Crippen LogP contribution in [0, 0.1) is 5.92 Å². The summed E-state index contributed by atoms with van der Waals surface area (Å²) in [5.74, 6) is 1.14. The van der Waals surface area contributed by atoms with Crippen molar-refractivity contribution in [2.24, 2.45) is 11.7 Å². The maximum absolute atomic E-state index is 12.8. The molecule has 0 spiro atoms. The molecule has 2 atom stereocenters. The summed E-state index contributed by atoms with van der Waals surface area (Å²) in [5, 5.41) is 5.02. The number of nitrogens with two attached hydrogens (primary N) is 1. The Balaban J connectivity index is 0.00000225. The van der Waals surface area contributed by atoms with Crippen molar-refractivity contribution in [2.75, 3.05) is 13.1 Å². The van der Waals surface area contributed by atoms with Crippen LogP contribution in [0.5, 0.6) is 0 Å². The fourth-order valence-corrected chi connectivity index (χ4v) is 3.42. The van der Waals surface area contributed by atoms with Gasteiger partial charge in [-0.2, -0.15) is 0 Å². The summed E-state index contributed by atoms with van der Waals surface area (Å²) >= 11 is 6.27. The maximum Gasteiger partial charge on any atom is 0.293 e. The van der Waals surface area contributed by atoms with Gasteiger partial charge in [0.15, 0.2) is 0 Å². The number of aryl methyl sites for hydroxylation is 1. The number of carbonyl (C=O) groups excluding carboxylic acids is 1. The molecular formula is C17H23Cl2N5O. The Kier molecular flexibility index (Phi) is 6.43. The molecule has 2 N–H and O–H groups in total. The third-order valence-corrected chi connectivity index (χ3v) is 4.84. The molecule has 2 heterocycles. The zero-order valence-electron chi connectivity index (χ0n) is 14.4. The molecule has 8 heteroatoms. The molecular weight excluding hydrogens is 361 g/mol. The molecule has 6 nitrogen and oxygen atoms in total. The van der Waals surface area contributed by atoms with Crippen molar-refractivity contribution in [2.45, 2.75) is 32.7 Å². The summed E-state index contributed by atoms with van der Waals surface area (Å²) in [6.07, 6.45) is 1.58.